The van der Waals surface area contributed by atoms with Gasteiger partial charge in [0.25, 0.3) is 0 Å². The van der Waals surface area contributed by atoms with E-state index in [1.807, 2.05) is 6.26 Å². The predicted octanol–water partition coefficient (Wildman–Crippen LogP) is 17.3. The average Bonchev–Trinajstić information content (AvgIpc) is 3.92. The Kier molecular flexibility index (Phi) is 9.71. The summed E-state index contributed by atoms with van der Waals surface area (Å²) >= 11 is 0. The summed E-state index contributed by atoms with van der Waals surface area (Å²) in [6.45, 7) is 26.7. The summed E-state index contributed by atoms with van der Waals surface area (Å²) in [6, 6.07) is 52.0. The lowest BCUT2D eigenvalue weighted by Crippen LogP contribution is -2.56. The number of aromatic nitrogens is 1. The molecule has 0 spiro atoms. The molecule has 0 aliphatic carbocycles. The third-order valence-electron chi connectivity index (χ3n) is 16.3. The van der Waals surface area contributed by atoms with Gasteiger partial charge in [0.05, 0.1) is 6.26 Å². The summed E-state index contributed by atoms with van der Waals surface area (Å²) in [5, 5.41) is 3.62. The highest BCUT2D eigenvalue weighted by molar-refractivity contribution is 6.90. The zero-order valence-electron chi connectivity index (χ0n) is 43.7. The van der Waals surface area contributed by atoms with E-state index in [2.05, 4.69) is 226 Å². The molecule has 0 saturated carbocycles. The largest absolute Gasteiger partial charge is 0.464 e. The van der Waals surface area contributed by atoms with E-state index in [0.29, 0.717) is 0 Å². The minimum absolute atomic E-state index is 0.159. The van der Waals surface area contributed by atoms with Gasteiger partial charge in [0.15, 0.2) is 0 Å². The van der Waals surface area contributed by atoms with E-state index in [9.17, 15) is 0 Å². The van der Waals surface area contributed by atoms with E-state index >= 15 is 0 Å². The number of fused-ring (bicyclic) bond motifs is 9. The van der Waals surface area contributed by atoms with Gasteiger partial charge < -0.3 is 13.8 Å². The Morgan fingerprint density at radius 2 is 0.861 bits per heavy atom. The first-order valence-corrected chi connectivity index (χ1v) is 25.7. The quantitative estimate of drug-likeness (QED) is 0.160. The monoisotopic (exact) mass is 930 g/mol. The highest BCUT2D eigenvalue weighted by Crippen LogP contribution is 2.51. The summed E-state index contributed by atoms with van der Waals surface area (Å²) in [5.41, 5.74) is 37.5. The first kappa shape index (κ1) is 44.1. The molecule has 0 unspecified atom stereocenters. The SMILES string of the molecule is Cc1cc(C)c(-c2ccc(N3c4ccc(-c5c(C)cc(C)cc5C)cc4B4c5c3cc3ccoc3c5-c3cc(-c5c(C)cc(C)cc5C)cc5c6cc(-c7c(C)cc(C)cc7C)ccc6n4c35)cc2)c(C)c1. The maximum absolute atomic E-state index is 6.76. The molecule has 11 aromatic rings. The minimum Gasteiger partial charge on any atom is -0.464 e. The van der Waals surface area contributed by atoms with E-state index in [1.54, 1.807) is 0 Å². The van der Waals surface area contributed by atoms with Crippen molar-refractivity contribution in [3.8, 4) is 55.6 Å². The summed E-state index contributed by atoms with van der Waals surface area (Å²) in [7, 11) is 0. The molecule has 9 aromatic carbocycles. The van der Waals surface area contributed by atoms with Crippen LogP contribution in [-0.2, 0) is 0 Å². The standard InChI is InChI=1S/C68H59BN2O/c1-36-23-40(5)61(41(6)24-36)48-13-17-53(18-14-48)70-59-20-16-50(63-44(9)27-38(3)28-45(63)10)34-57(59)69-66-60(70)35-51-21-22-72-68(51)65(66)56-33-52(64-46(11)29-39(4)30-47(64)12)32-55-54-31-49(15-19-58(54)71(69)67(55)56)62-42(7)25-37(2)26-43(62)8/h13-35H,1-12H3. The highest BCUT2D eigenvalue weighted by atomic mass is 16.3. The van der Waals surface area contributed by atoms with E-state index < -0.39 is 0 Å². The smallest absolute Gasteiger partial charge is 0.333 e. The van der Waals surface area contributed by atoms with Crippen LogP contribution < -0.4 is 15.8 Å². The van der Waals surface area contributed by atoms with Crippen molar-refractivity contribution in [3.05, 3.63) is 206 Å². The number of benzene rings is 9. The highest BCUT2D eigenvalue weighted by Gasteiger charge is 2.44. The molecule has 72 heavy (non-hydrogen) atoms. The Morgan fingerprint density at radius 3 is 1.42 bits per heavy atom. The second-order valence-electron chi connectivity index (χ2n) is 21.7. The molecule has 0 fully saturated rings. The molecule has 0 atom stereocenters. The fraction of sp³-hybridized carbons (Fsp3) is 0.176. The molecule has 2 aliphatic heterocycles. The van der Waals surface area contributed by atoms with Crippen LogP contribution in [0.3, 0.4) is 0 Å². The Labute approximate surface area is 424 Å². The number of hydrogen-bond acceptors (Lipinski definition) is 2. The molecule has 3 nitrogen and oxygen atoms in total. The van der Waals surface area contributed by atoms with E-state index in [4.69, 9.17) is 4.42 Å². The predicted molar refractivity (Wildman–Crippen MR) is 308 cm³/mol. The van der Waals surface area contributed by atoms with Crippen LogP contribution >= 0.6 is 0 Å². The van der Waals surface area contributed by atoms with Gasteiger partial charge in [-0.3, -0.25) is 0 Å². The number of furan rings is 1. The molecule has 350 valence electrons. The minimum atomic E-state index is -0.159. The van der Waals surface area contributed by atoms with Crippen LogP contribution in [0.5, 0.6) is 0 Å². The van der Waals surface area contributed by atoms with E-state index in [0.717, 1.165) is 16.7 Å². The molecule has 13 rings (SSSR count). The first-order chi connectivity index (χ1) is 34.6. The zero-order chi connectivity index (χ0) is 49.8. The van der Waals surface area contributed by atoms with Crippen LogP contribution in [0.2, 0.25) is 0 Å². The lowest BCUT2D eigenvalue weighted by molar-refractivity contribution is 0.617. The van der Waals surface area contributed by atoms with Crippen molar-refractivity contribution in [2.45, 2.75) is 83.1 Å². The molecule has 0 bridgehead atoms. The maximum Gasteiger partial charge on any atom is 0.333 e. The van der Waals surface area contributed by atoms with Gasteiger partial charge in [0.1, 0.15) is 5.58 Å². The van der Waals surface area contributed by atoms with Gasteiger partial charge in [-0.05, 0) is 238 Å². The topological polar surface area (TPSA) is 21.3 Å². The van der Waals surface area contributed by atoms with E-state index in [1.165, 1.54) is 167 Å². The Bertz CT molecular complexity index is 4090. The Morgan fingerprint density at radius 1 is 0.389 bits per heavy atom. The lowest BCUT2D eigenvalue weighted by atomic mass is 9.44. The van der Waals surface area contributed by atoms with Crippen molar-refractivity contribution < 1.29 is 4.42 Å². The van der Waals surface area contributed by atoms with Crippen molar-refractivity contribution in [1.29, 1.82) is 0 Å². The van der Waals surface area contributed by atoms with Crippen LogP contribution in [0, 0.1) is 83.1 Å². The fourth-order valence-corrected chi connectivity index (χ4v) is 14.1. The molecule has 4 heteroatoms. The molecule has 0 N–H and O–H groups in total. The Balaban J connectivity index is 1.16. The lowest BCUT2D eigenvalue weighted by Gasteiger charge is -2.41. The van der Waals surface area contributed by atoms with Crippen LogP contribution in [-0.4, -0.2) is 11.3 Å². The summed E-state index contributed by atoms with van der Waals surface area (Å²) < 4.78 is 9.47. The van der Waals surface area contributed by atoms with E-state index in [-0.39, 0.29) is 6.85 Å². The van der Waals surface area contributed by atoms with Crippen LogP contribution in [0.25, 0.3) is 88.4 Å². The second-order valence-corrected chi connectivity index (χ2v) is 21.7. The fourth-order valence-electron chi connectivity index (χ4n) is 14.1. The number of rotatable bonds is 5. The normalized spacial score (nSPS) is 12.7. The van der Waals surface area contributed by atoms with Crippen molar-refractivity contribution >= 4 is 67.6 Å². The van der Waals surface area contributed by atoms with Crippen molar-refractivity contribution in [2.75, 3.05) is 4.90 Å². The number of nitrogens with zero attached hydrogens (tertiary/aromatic N) is 2. The first-order valence-electron chi connectivity index (χ1n) is 25.7. The molecule has 0 saturated heterocycles. The molecule has 2 aromatic heterocycles. The molecular formula is C68H59BN2O. The van der Waals surface area contributed by atoms with Crippen molar-refractivity contribution in [1.82, 2.24) is 4.48 Å². The van der Waals surface area contributed by atoms with Crippen LogP contribution in [0.1, 0.15) is 66.8 Å². The molecule has 0 amide bonds. The summed E-state index contributed by atoms with van der Waals surface area (Å²) in [6.07, 6.45) is 1.89. The van der Waals surface area contributed by atoms with Gasteiger partial charge in [-0.25, -0.2) is 0 Å². The summed E-state index contributed by atoms with van der Waals surface area (Å²) in [4.78, 5) is 2.54. The second kappa shape index (κ2) is 15.8. The zero-order valence-corrected chi connectivity index (χ0v) is 43.7. The maximum atomic E-state index is 6.76. The molecular weight excluding hydrogens is 872 g/mol. The van der Waals surface area contributed by atoms with Gasteiger partial charge in [0, 0.05) is 55.4 Å². The van der Waals surface area contributed by atoms with Gasteiger partial charge >= 0.3 is 6.85 Å². The molecule has 2 aliphatic rings. The van der Waals surface area contributed by atoms with Gasteiger partial charge in [-0.1, -0.05) is 101 Å². The van der Waals surface area contributed by atoms with Crippen molar-refractivity contribution in [3.63, 3.8) is 0 Å². The third-order valence-corrected chi connectivity index (χ3v) is 16.3. The average molecular weight is 931 g/mol. The number of hydrogen-bond donors (Lipinski definition) is 0. The van der Waals surface area contributed by atoms with Gasteiger partial charge in [-0.2, -0.15) is 0 Å². The number of anilines is 3. The van der Waals surface area contributed by atoms with Crippen LogP contribution in [0.4, 0.5) is 17.1 Å². The van der Waals surface area contributed by atoms with Crippen molar-refractivity contribution in [2.24, 2.45) is 0 Å². The van der Waals surface area contributed by atoms with Gasteiger partial charge in [0.2, 0.25) is 0 Å². The van der Waals surface area contributed by atoms with Gasteiger partial charge in [-0.15, -0.1) is 0 Å². The number of aryl methyl sites for hydroxylation is 12. The summed E-state index contributed by atoms with van der Waals surface area (Å²) in [5.74, 6) is 0. The van der Waals surface area contributed by atoms with Crippen LogP contribution in [0.15, 0.2) is 144 Å². The molecule has 0 radical (unpaired) electrons. The third kappa shape index (κ3) is 6.44. The molecule has 4 heterocycles. The Hall–Kier alpha value is -7.82.